The van der Waals surface area contributed by atoms with Crippen LogP contribution in [0.5, 0.6) is 0 Å². The van der Waals surface area contributed by atoms with E-state index in [0.29, 0.717) is 5.69 Å². The van der Waals surface area contributed by atoms with Crippen LogP contribution < -0.4 is 0 Å². The van der Waals surface area contributed by atoms with Gasteiger partial charge in [-0.3, -0.25) is 4.79 Å². The highest BCUT2D eigenvalue weighted by Gasteiger charge is 2.18. The van der Waals surface area contributed by atoms with E-state index in [-0.39, 0.29) is 11.7 Å². The van der Waals surface area contributed by atoms with Gasteiger partial charge in [0.1, 0.15) is 5.69 Å². The minimum absolute atomic E-state index is 0.0954. The first kappa shape index (κ1) is 12.7. The van der Waals surface area contributed by atoms with Crippen molar-refractivity contribution in [2.45, 2.75) is 33.6 Å². The van der Waals surface area contributed by atoms with Crippen molar-refractivity contribution < 1.29 is 4.79 Å². The van der Waals surface area contributed by atoms with Crippen LogP contribution in [-0.4, -0.2) is 10.8 Å². The molecule has 0 aliphatic heterocycles. The summed E-state index contributed by atoms with van der Waals surface area (Å²) in [5, 5.41) is 1.12. The van der Waals surface area contributed by atoms with E-state index in [4.69, 9.17) is 0 Å². The van der Waals surface area contributed by atoms with Crippen LogP contribution in [-0.2, 0) is 0 Å². The second-order valence-corrected chi connectivity index (χ2v) is 4.72. The third-order valence-corrected chi connectivity index (χ3v) is 3.53. The van der Waals surface area contributed by atoms with Gasteiger partial charge in [-0.15, -0.1) is 0 Å². The topological polar surface area (TPSA) is 30.0 Å². The molecule has 18 heavy (non-hydrogen) atoms. The van der Waals surface area contributed by atoms with Crippen LogP contribution >= 0.6 is 0 Å². The van der Waals surface area contributed by atoms with Crippen LogP contribution in [0.15, 0.2) is 30.3 Å². The summed E-state index contributed by atoms with van der Waals surface area (Å²) in [6.45, 7) is 6.15. The lowest BCUT2D eigenvalue weighted by atomic mass is 9.94. The van der Waals surface area contributed by atoms with E-state index in [2.05, 4.69) is 18.8 Å². The highest BCUT2D eigenvalue weighted by Crippen LogP contribution is 2.21. The van der Waals surface area contributed by atoms with Crippen LogP contribution in [0, 0.1) is 12.8 Å². The van der Waals surface area contributed by atoms with Gasteiger partial charge in [0.25, 0.3) is 0 Å². The van der Waals surface area contributed by atoms with Crippen LogP contribution in [0.1, 0.15) is 42.7 Å². The molecule has 2 nitrogen and oxygen atoms in total. The highest BCUT2D eigenvalue weighted by molar-refractivity contribution is 5.98. The molecule has 0 saturated heterocycles. The van der Waals surface area contributed by atoms with Gasteiger partial charge in [-0.05, 0) is 37.5 Å². The highest BCUT2D eigenvalue weighted by atomic mass is 16.1. The standard InChI is InChI=1S/C16H19NO/c1-4-12(5-2)16(18)15-10-11(3)13-8-6-7-9-14(13)17-15/h6-10,12H,4-5H2,1-3H3. The van der Waals surface area contributed by atoms with Crippen LogP contribution in [0.4, 0.5) is 0 Å². The molecule has 0 radical (unpaired) electrons. The normalized spacial score (nSPS) is 11.1. The number of hydrogen-bond acceptors (Lipinski definition) is 2. The van der Waals surface area contributed by atoms with Gasteiger partial charge >= 0.3 is 0 Å². The lowest BCUT2D eigenvalue weighted by Crippen LogP contribution is -2.14. The van der Waals surface area contributed by atoms with Gasteiger partial charge in [0.2, 0.25) is 0 Å². The van der Waals surface area contributed by atoms with Gasteiger partial charge in [-0.1, -0.05) is 32.0 Å². The van der Waals surface area contributed by atoms with E-state index in [1.807, 2.05) is 37.3 Å². The first-order chi connectivity index (χ1) is 8.67. The number of carbonyl (C=O) groups is 1. The predicted molar refractivity (Wildman–Crippen MR) is 74.9 cm³/mol. The molecule has 2 heteroatoms. The molecular formula is C16H19NO. The number of rotatable bonds is 4. The molecule has 0 aliphatic rings. The molecule has 1 aromatic carbocycles. The lowest BCUT2D eigenvalue weighted by molar-refractivity contribution is 0.0908. The Balaban J connectivity index is 2.49. The van der Waals surface area contributed by atoms with E-state index in [9.17, 15) is 4.79 Å². The van der Waals surface area contributed by atoms with Gasteiger partial charge in [-0.2, -0.15) is 0 Å². The second-order valence-electron chi connectivity index (χ2n) is 4.72. The number of pyridine rings is 1. The van der Waals surface area contributed by atoms with Gasteiger partial charge in [0.05, 0.1) is 5.52 Å². The zero-order valence-electron chi connectivity index (χ0n) is 11.2. The Labute approximate surface area is 108 Å². The second kappa shape index (κ2) is 5.30. The molecule has 0 unspecified atom stereocenters. The van der Waals surface area contributed by atoms with Crippen molar-refractivity contribution in [3.8, 4) is 0 Å². The fourth-order valence-corrected chi connectivity index (χ4v) is 2.34. The summed E-state index contributed by atoms with van der Waals surface area (Å²) >= 11 is 0. The van der Waals surface area contributed by atoms with Gasteiger partial charge < -0.3 is 0 Å². The third kappa shape index (κ3) is 2.28. The Bertz CT molecular complexity index is 570. The monoisotopic (exact) mass is 241 g/mol. The number of ketones is 1. The Hall–Kier alpha value is -1.70. The molecule has 2 rings (SSSR count). The molecule has 0 saturated carbocycles. The zero-order valence-corrected chi connectivity index (χ0v) is 11.2. The van der Waals surface area contributed by atoms with Crippen molar-refractivity contribution in [3.63, 3.8) is 0 Å². The third-order valence-electron chi connectivity index (χ3n) is 3.53. The van der Waals surface area contributed by atoms with Crippen LogP contribution in [0.2, 0.25) is 0 Å². The minimum Gasteiger partial charge on any atom is -0.292 e. The van der Waals surface area contributed by atoms with Crippen molar-refractivity contribution in [1.29, 1.82) is 0 Å². The Morgan fingerprint density at radius 1 is 1.22 bits per heavy atom. The Morgan fingerprint density at radius 3 is 2.56 bits per heavy atom. The average molecular weight is 241 g/mol. The van der Waals surface area contributed by atoms with E-state index >= 15 is 0 Å². The first-order valence-corrected chi connectivity index (χ1v) is 6.58. The maximum atomic E-state index is 12.3. The predicted octanol–water partition coefficient (Wildman–Crippen LogP) is 4.16. The molecule has 0 atom stereocenters. The van der Waals surface area contributed by atoms with Crippen LogP contribution in [0.25, 0.3) is 10.9 Å². The molecule has 1 aromatic heterocycles. The fourth-order valence-electron chi connectivity index (χ4n) is 2.34. The largest absolute Gasteiger partial charge is 0.292 e. The van der Waals surface area contributed by atoms with Crippen molar-refractivity contribution in [1.82, 2.24) is 4.98 Å². The lowest BCUT2D eigenvalue weighted by Gasteiger charge is -2.12. The van der Waals surface area contributed by atoms with E-state index in [1.54, 1.807) is 0 Å². The molecule has 0 spiro atoms. The number of hydrogen-bond donors (Lipinski definition) is 0. The molecule has 0 aliphatic carbocycles. The Morgan fingerprint density at radius 2 is 1.89 bits per heavy atom. The maximum Gasteiger partial charge on any atom is 0.184 e. The van der Waals surface area contributed by atoms with Crippen molar-refractivity contribution in [2.24, 2.45) is 5.92 Å². The quantitative estimate of drug-likeness (QED) is 0.752. The molecule has 0 fully saturated rings. The zero-order chi connectivity index (χ0) is 13.1. The number of carbonyl (C=O) groups excluding carboxylic acids is 1. The summed E-state index contributed by atoms with van der Waals surface area (Å²) in [6, 6.07) is 9.89. The molecule has 1 heterocycles. The smallest absolute Gasteiger partial charge is 0.184 e. The number of para-hydroxylation sites is 1. The fraction of sp³-hybridized carbons (Fsp3) is 0.375. The maximum absolute atomic E-state index is 12.3. The molecular weight excluding hydrogens is 222 g/mol. The summed E-state index contributed by atoms with van der Waals surface area (Å²) in [5.74, 6) is 0.270. The SMILES string of the molecule is CCC(CC)C(=O)c1cc(C)c2ccccc2n1. The molecule has 0 amide bonds. The van der Waals surface area contributed by atoms with Crippen LogP contribution in [0.3, 0.4) is 0 Å². The number of aryl methyl sites for hydroxylation is 1. The minimum atomic E-state index is 0.0954. The number of aromatic nitrogens is 1. The number of nitrogens with zero attached hydrogens (tertiary/aromatic N) is 1. The van der Waals surface area contributed by atoms with Gasteiger partial charge in [-0.25, -0.2) is 4.98 Å². The van der Waals surface area contributed by atoms with Gasteiger partial charge in [0, 0.05) is 11.3 Å². The summed E-state index contributed by atoms with van der Waals surface area (Å²) in [6.07, 6.45) is 1.76. The molecule has 0 bridgehead atoms. The number of Topliss-reactive ketones (excluding diaryl/α,β-unsaturated/α-hetero) is 1. The molecule has 0 N–H and O–H groups in total. The summed E-state index contributed by atoms with van der Waals surface area (Å²) in [4.78, 5) is 16.8. The van der Waals surface area contributed by atoms with E-state index < -0.39 is 0 Å². The van der Waals surface area contributed by atoms with Gasteiger partial charge in [0.15, 0.2) is 5.78 Å². The van der Waals surface area contributed by atoms with Crippen molar-refractivity contribution >= 4 is 16.7 Å². The summed E-state index contributed by atoms with van der Waals surface area (Å²) in [7, 11) is 0. The number of benzene rings is 1. The first-order valence-electron chi connectivity index (χ1n) is 6.58. The average Bonchev–Trinajstić information content (AvgIpc) is 2.40. The van der Waals surface area contributed by atoms with Crippen molar-refractivity contribution in [3.05, 3.63) is 41.6 Å². The summed E-state index contributed by atoms with van der Waals surface area (Å²) in [5.41, 5.74) is 2.64. The van der Waals surface area contributed by atoms with E-state index in [1.165, 1.54) is 0 Å². The Kier molecular flexibility index (Phi) is 3.75. The van der Waals surface area contributed by atoms with Crippen molar-refractivity contribution in [2.75, 3.05) is 0 Å². The summed E-state index contributed by atoms with van der Waals surface area (Å²) < 4.78 is 0. The molecule has 94 valence electrons. The number of fused-ring (bicyclic) bond motifs is 1. The van der Waals surface area contributed by atoms with E-state index in [0.717, 1.165) is 29.3 Å². The molecule has 2 aromatic rings.